The normalized spacial score (nSPS) is 12.1. The molecule has 0 saturated heterocycles. The molecule has 2 bridgehead atoms. The van der Waals surface area contributed by atoms with Crippen molar-refractivity contribution in [1.82, 2.24) is 5.32 Å². The molecular weight excluding hydrogens is 490 g/mol. The van der Waals surface area contributed by atoms with Crippen LogP contribution in [0.1, 0.15) is 36.1 Å². The fourth-order valence-electron chi connectivity index (χ4n) is 3.93. The molecule has 7 heteroatoms. The standard InChI is InChI=1S/C23H31NO5.C7H6.ClH/c1-23(2,14-17-9-11-20(27-3)12-10-17)24-15-19(25)16-29-21-8-6-5-7-18(21)13-22(26)28-4;1-2-6-4-7(3-1)5-6;/h5-12,19,24-25H,13-16H2,1-4H3;1-4H,5H2;1H. The van der Waals surface area contributed by atoms with Gasteiger partial charge in [-0.05, 0) is 61.6 Å². The van der Waals surface area contributed by atoms with Crippen LogP contribution in [0.25, 0.3) is 0 Å². The van der Waals surface area contributed by atoms with Gasteiger partial charge in [-0.2, -0.15) is 0 Å². The van der Waals surface area contributed by atoms with Crippen molar-refractivity contribution in [3.63, 3.8) is 0 Å². The summed E-state index contributed by atoms with van der Waals surface area (Å²) in [5.74, 6) is 1.08. The Morgan fingerprint density at radius 1 is 1.00 bits per heavy atom. The summed E-state index contributed by atoms with van der Waals surface area (Å²) in [5, 5.41) is 13.7. The first kappa shape index (κ1) is 30.2. The van der Waals surface area contributed by atoms with Crippen LogP contribution in [-0.4, -0.2) is 50.1 Å². The number of para-hydroxylation sites is 1. The predicted octanol–water partition coefficient (Wildman–Crippen LogP) is 4.77. The minimum absolute atomic E-state index is 0. The molecule has 2 aliphatic carbocycles. The fraction of sp³-hybridized carbons (Fsp3) is 0.367. The molecule has 0 aromatic heterocycles. The fourth-order valence-corrected chi connectivity index (χ4v) is 3.93. The number of β-amino-alcohol motifs (C(OH)–C–C–N with tert-alkyl or cyclic N) is 1. The topological polar surface area (TPSA) is 77.0 Å². The highest BCUT2D eigenvalue weighted by atomic mass is 35.5. The van der Waals surface area contributed by atoms with E-state index in [0.29, 0.717) is 12.3 Å². The summed E-state index contributed by atoms with van der Waals surface area (Å²) >= 11 is 0. The van der Waals surface area contributed by atoms with E-state index in [4.69, 9.17) is 14.2 Å². The van der Waals surface area contributed by atoms with Crippen LogP contribution < -0.4 is 14.8 Å². The number of esters is 1. The number of aliphatic hydroxyl groups is 1. The zero-order chi connectivity index (χ0) is 26.0. The average molecular weight is 528 g/mol. The maximum Gasteiger partial charge on any atom is 0.310 e. The first-order valence-electron chi connectivity index (χ1n) is 12.2. The summed E-state index contributed by atoms with van der Waals surface area (Å²) in [6.45, 7) is 4.71. The third-order valence-corrected chi connectivity index (χ3v) is 5.99. The molecule has 2 aliphatic rings. The highest BCUT2D eigenvalue weighted by molar-refractivity contribution is 5.85. The molecule has 1 atom stereocenters. The van der Waals surface area contributed by atoms with Crippen molar-refractivity contribution in [2.45, 2.75) is 44.8 Å². The van der Waals surface area contributed by atoms with Crippen molar-refractivity contribution in [3.05, 3.63) is 95.1 Å². The van der Waals surface area contributed by atoms with Crippen molar-refractivity contribution in [2.24, 2.45) is 0 Å². The van der Waals surface area contributed by atoms with Crippen molar-refractivity contribution in [3.8, 4) is 11.5 Å². The molecule has 0 saturated carbocycles. The van der Waals surface area contributed by atoms with Gasteiger partial charge >= 0.3 is 5.97 Å². The molecule has 0 amide bonds. The van der Waals surface area contributed by atoms with Crippen molar-refractivity contribution < 1.29 is 24.1 Å². The molecule has 0 aliphatic heterocycles. The number of benzene rings is 3. The van der Waals surface area contributed by atoms with Gasteiger partial charge in [-0.3, -0.25) is 4.79 Å². The molecule has 3 aromatic carbocycles. The summed E-state index contributed by atoms with van der Waals surface area (Å²) < 4.78 is 15.6. The average Bonchev–Trinajstić information content (AvgIpc) is 2.87. The Labute approximate surface area is 226 Å². The van der Waals surface area contributed by atoms with Gasteiger partial charge in [0.25, 0.3) is 0 Å². The second-order valence-electron chi connectivity index (χ2n) is 9.61. The predicted molar refractivity (Wildman–Crippen MR) is 149 cm³/mol. The Kier molecular flexibility index (Phi) is 11.9. The lowest BCUT2D eigenvalue weighted by molar-refractivity contribution is -0.139. The zero-order valence-electron chi connectivity index (χ0n) is 22.0. The highest BCUT2D eigenvalue weighted by Crippen LogP contribution is 2.20. The lowest BCUT2D eigenvalue weighted by Crippen LogP contribution is -2.46. The molecule has 5 rings (SSSR count). The Morgan fingerprint density at radius 3 is 2.19 bits per heavy atom. The summed E-state index contributed by atoms with van der Waals surface area (Å²) in [7, 11) is 3.01. The number of halogens is 1. The van der Waals surface area contributed by atoms with E-state index in [-0.39, 0.29) is 36.9 Å². The minimum atomic E-state index is -0.684. The second kappa shape index (κ2) is 14.6. The van der Waals surface area contributed by atoms with Crippen LogP contribution in [0.4, 0.5) is 0 Å². The minimum Gasteiger partial charge on any atom is -0.497 e. The number of hydrogen-bond acceptors (Lipinski definition) is 6. The van der Waals surface area contributed by atoms with E-state index >= 15 is 0 Å². The molecule has 2 N–H and O–H groups in total. The van der Waals surface area contributed by atoms with E-state index in [0.717, 1.165) is 17.7 Å². The van der Waals surface area contributed by atoms with Gasteiger partial charge in [0, 0.05) is 17.6 Å². The van der Waals surface area contributed by atoms with Gasteiger partial charge < -0.3 is 24.6 Å². The van der Waals surface area contributed by atoms with E-state index in [1.165, 1.54) is 30.2 Å². The number of carbonyl (C=O) groups excluding carboxylic acids is 1. The Morgan fingerprint density at radius 2 is 1.65 bits per heavy atom. The molecule has 3 aromatic rings. The Bertz CT molecular complexity index is 1090. The van der Waals surface area contributed by atoms with Crippen LogP contribution in [0.2, 0.25) is 0 Å². The molecule has 0 spiro atoms. The smallest absolute Gasteiger partial charge is 0.310 e. The van der Waals surface area contributed by atoms with Crippen LogP contribution >= 0.6 is 12.4 Å². The number of fused-ring (bicyclic) bond motifs is 2. The van der Waals surface area contributed by atoms with Gasteiger partial charge in [0.05, 0.1) is 20.6 Å². The quantitative estimate of drug-likeness (QED) is 0.273. The lowest BCUT2D eigenvalue weighted by atomic mass is 9.94. The van der Waals surface area contributed by atoms with Crippen LogP contribution in [-0.2, 0) is 28.8 Å². The number of nitrogens with one attached hydrogen (secondary N) is 1. The van der Waals surface area contributed by atoms with Crippen LogP contribution in [0.3, 0.4) is 0 Å². The van der Waals surface area contributed by atoms with Crippen LogP contribution in [0.15, 0.2) is 72.8 Å². The summed E-state index contributed by atoms with van der Waals surface area (Å²) in [4.78, 5) is 11.5. The lowest BCUT2D eigenvalue weighted by Gasteiger charge is -2.28. The zero-order valence-corrected chi connectivity index (χ0v) is 22.8. The number of rotatable bonds is 11. The first-order valence-corrected chi connectivity index (χ1v) is 12.2. The number of carbonyl (C=O) groups is 1. The van der Waals surface area contributed by atoms with E-state index in [9.17, 15) is 9.90 Å². The largest absolute Gasteiger partial charge is 0.497 e. The van der Waals surface area contributed by atoms with Gasteiger partial charge in [0.1, 0.15) is 24.2 Å². The van der Waals surface area contributed by atoms with E-state index in [2.05, 4.69) is 43.4 Å². The van der Waals surface area contributed by atoms with E-state index in [1.807, 2.05) is 42.5 Å². The number of methoxy groups -OCH3 is 2. The summed E-state index contributed by atoms with van der Waals surface area (Å²) in [5.41, 5.74) is 4.69. The molecule has 1 unspecified atom stereocenters. The SMILES string of the molecule is COC(=O)Cc1ccccc1OCC(O)CNC(C)(C)Cc1ccc(OC)cc1.Cl.c1cc2cc(c1)C2. The molecule has 37 heavy (non-hydrogen) atoms. The molecule has 0 heterocycles. The summed E-state index contributed by atoms with van der Waals surface area (Å²) in [6.07, 6.45) is 1.48. The maximum absolute atomic E-state index is 11.5. The van der Waals surface area contributed by atoms with E-state index in [1.54, 1.807) is 13.2 Å². The number of hydrogen-bond donors (Lipinski definition) is 2. The van der Waals surface area contributed by atoms with Gasteiger partial charge in [-0.1, -0.05) is 54.6 Å². The molecular formula is C30H38ClNO5. The van der Waals surface area contributed by atoms with Crippen molar-refractivity contribution in [2.75, 3.05) is 27.4 Å². The number of aliphatic hydroxyl groups excluding tert-OH is 1. The van der Waals surface area contributed by atoms with Gasteiger partial charge in [0.2, 0.25) is 0 Å². The summed E-state index contributed by atoms with van der Waals surface area (Å²) in [6, 6.07) is 23.9. The van der Waals surface area contributed by atoms with Crippen LogP contribution in [0.5, 0.6) is 11.5 Å². The van der Waals surface area contributed by atoms with Crippen molar-refractivity contribution in [1.29, 1.82) is 0 Å². The second-order valence-corrected chi connectivity index (χ2v) is 9.61. The third-order valence-electron chi connectivity index (χ3n) is 5.99. The maximum atomic E-state index is 11.5. The first-order chi connectivity index (χ1) is 17.3. The number of ether oxygens (including phenoxy) is 3. The Hall–Kier alpha value is -3.06. The van der Waals surface area contributed by atoms with Gasteiger partial charge in [0.15, 0.2) is 0 Å². The molecule has 200 valence electrons. The van der Waals surface area contributed by atoms with Crippen LogP contribution in [0, 0.1) is 0 Å². The molecule has 0 radical (unpaired) electrons. The van der Waals surface area contributed by atoms with Gasteiger partial charge in [-0.15, -0.1) is 12.4 Å². The van der Waals surface area contributed by atoms with E-state index < -0.39 is 6.10 Å². The third kappa shape index (κ3) is 10.1. The molecule has 6 nitrogen and oxygen atoms in total. The Balaban J connectivity index is 0.000000509. The van der Waals surface area contributed by atoms with Gasteiger partial charge in [-0.25, -0.2) is 0 Å². The molecule has 0 fully saturated rings. The highest BCUT2D eigenvalue weighted by Gasteiger charge is 2.20. The monoisotopic (exact) mass is 527 g/mol. The van der Waals surface area contributed by atoms with Crippen molar-refractivity contribution >= 4 is 18.4 Å².